The summed E-state index contributed by atoms with van der Waals surface area (Å²) in [6, 6.07) is 5.52. The molecule has 0 bridgehead atoms. The van der Waals surface area contributed by atoms with Crippen LogP contribution in [0, 0.1) is 13.8 Å². The molecule has 3 aromatic rings. The second kappa shape index (κ2) is 5.66. The Hall–Kier alpha value is -1.99. The summed E-state index contributed by atoms with van der Waals surface area (Å²) in [5.74, 6) is -0.456. The Morgan fingerprint density at radius 3 is 2.86 bits per heavy atom. The summed E-state index contributed by atoms with van der Waals surface area (Å²) in [5.41, 5.74) is 2.02. The van der Waals surface area contributed by atoms with Gasteiger partial charge in [-0.3, -0.25) is 14.0 Å². The van der Waals surface area contributed by atoms with E-state index in [1.54, 1.807) is 6.07 Å². The first-order chi connectivity index (χ1) is 10.5. The van der Waals surface area contributed by atoms with E-state index in [9.17, 15) is 9.59 Å². The van der Waals surface area contributed by atoms with Gasteiger partial charge in [0.05, 0.1) is 0 Å². The van der Waals surface area contributed by atoms with Crippen molar-refractivity contribution < 1.29 is 4.79 Å². The molecule has 0 unspecified atom stereocenters. The van der Waals surface area contributed by atoms with Gasteiger partial charge in [0.1, 0.15) is 5.56 Å². The maximum absolute atomic E-state index is 12.4. The molecule has 0 aliphatic carbocycles. The average Bonchev–Trinajstić information content (AvgIpc) is 2.84. The van der Waals surface area contributed by atoms with Crippen LogP contribution in [-0.4, -0.2) is 15.3 Å². The van der Waals surface area contributed by atoms with Crippen molar-refractivity contribution in [2.75, 3.05) is 5.32 Å². The number of amides is 1. The van der Waals surface area contributed by atoms with Crippen LogP contribution in [0.15, 0.2) is 39.0 Å². The van der Waals surface area contributed by atoms with Crippen molar-refractivity contribution in [3.05, 3.63) is 61.4 Å². The average molecular weight is 378 g/mol. The van der Waals surface area contributed by atoms with E-state index in [0.29, 0.717) is 10.6 Å². The lowest BCUT2D eigenvalue weighted by Crippen LogP contribution is -2.26. The highest BCUT2D eigenvalue weighted by molar-refractivity contribution is 9.10. The maximum Gasteiger partial charge on any atom is 0.271 e. The molecule has 0 saturated heterocycles. The summed E-state index contributed by atoms with van der Waals surface area (Å²) in [5, 5.41) is 4.60. The Balaban J connectivity index is 2.00. The molecule has 0 aliphatic heterocycles. The Labute approximate surface area is 138 Å². The molecule has 22 heavy (non-hydrogen) atoms. The van der Waals surface area contributed by atoms with Crippen LogP contribution < -0.4 is 10.9 Å². The lowest BCUT2D eigenvalue weighted by molar-refractivity contribution is 0.102. The van der Waals surface area contributed by atoms with Crippen molar-refractivity contribution in [2.24, 2.45) is 0 Å². The van der Waals surface area contributed by atoms with Crippen molar-refractivity contribution in [3.63, 3.8) is 0 Å². The van der Waals surface area contributed by atoms with Crippen LogP contribution in [0.5, 0.6) is 0 Å². The Morgan fingerprint density at radius 1 is 1.36 bits per heavy atom. The summed E-state index contributed by atoms with van der Waals surface area (Å²) >= 11 is 4.75. The fourth-order valence-electron chi connectivity index (χ4n) is 2.14. The lowest BCUT2D eigenvalue weighted by atomic mass is 10.2. The van der Waals surface area contributed by atoms with Crippen molar-refractivity contribution in [2.45, 2.75) is 13.8 Å². The van der Waals surface area contributed by atoms with Crippen LogP contribution in [0.1, 0.15) is 21.6 Å². The number of benzene rings is 1. The van der Waals surface area contributed by atoms with Crippen molar-refractivity contribution in [3.8, 4) is 0 Å². The molecule has 2 heterocycles. The van der Waals surface area contributed by atoms with E-state index in [1.807, 2.05) is 31.4 Å². The second-order valence-electron chi connectivity index (χ2n) is 4.89. The molecule has 0 spiro atoms. The number of nitrogens with one attached hydrogen (secondary N) is 1. The number of thiazole rings is 1. The highest BCUT2D eigenvalue weighted by Gasteiger charge is 2.16. The minimum absolute atomic E-state index is 0.0290. The van der Waals surface area contributed by atoms with Gasteiger partial charge in [-0.15, -0.1) is 11.3 Å². The summed E-state index contributed by atoms with van der Waals surface area (Å²) in [4.78, 5) is 29.6. The van der Waals surface area contributed by atoms with Gasteiger partial charge in [-0.2, -0.15) is 0 Å². The van der Waals surface area contributed by atoms with Crippen molar-refractivity contribution >= 4 is 43.8 Å². The lowest BCUT2D eigenvalue weighted by Gasteiger charge is -2.08. The predicted molar refractivity (Wildman–Crippen MR) is 90.9 cm³/mol. The van der Waals surface area contributed by atoms with E-state index in [1.165, 1.54) is 21.9 Å². The molecule has 1 N–H and O–H groups in total. The van der Waals surface area contributed by atoms with Gasteiger partial charge in [-0.1, -0.05) is 15.9 Å². The molecule has 0 fully saturated rings. The number of halogens is 1. The van der Waals surface area contributed by atoms with E-state index in [0.717, 1.165) is 15.7 Å². The highest BCUT2D eigenvalue weighted by Crippen LogP contribution is 2.20. The Bertz CT molecular complexity index is 946. The van der Waals surface area contributed by atoms with Crippen LogP contribution in [-0.2, 0) is 0 Å². The quantitative estimate of drug-likeness (QED) is 0.744. The molecule has 1 amide bonds. The molecule has 3 rings (SSSR count). The third-order valence-electron chi connectivity index (χ3n) is 3.30. The largest absolute Gasteiger partial charge is 0.322 e. The van der Waals surface area contributed by atoms with Gasteiger partial charge < -0.3 is 5.32 Å². The van der Waals surface area contributed by atoms with Gasteiger partial charge in [0.25, 0.3) is 11.5 Å². The molecule has 5 nitrogen and oxygen atoms in total. The minimum atomic E-state index is -0.456. The highest BCUT2D eigenvalue weighted by atomic mass is 79.9. The van der Waals surface area contributed by atoms with Crippen LogP contribution >= 0.6 is 27.3 Å². The minimum Gasteiger partial charge on any atom is -0.322 e. The molecular formula is C15H12BrN3O2S. The van der Waals surface area contributed by atoms with Crippen LogP contribution in [0.25, 0.3) is 4.96 Å². The molecule has 0 saturated carbocycles. The first-order valence-electron chi connectivity index (χ1n) is 6.51. The summed E-state index contributed by atoms with van der Waals surface area (Å²) < 4.78 is 2.38. The fourth-order valence-corrected chi connectivity index (χ4v) is 3.44. The SMILES string of the molecule is Cc1cc(Br)ccc1NC(=O)c1cnc2scc(C)n2c1=O. The number of fused-ring (bicyclic) bond motifs is 1. The number of nitrogens with zero attached hydrogens (tertiary/aromatic N) is 2. The number of hydrogen-bond acceptors (Lipinski definition) is 4. The van der Waals surface area contributed by atoms with E-state index in [4.69, 9.17) is 0 Å². The third kappa shape index (κ3) is 2.57. The summed E-state index contributed by atoms with van der Waals surface area (Å²) in [7, 11) is 0. The molecule has 0 radical (unpaired) electrons. The van der Waals surface area contributed by atoms with E-state index in [-0.39, 0.29) is 11.1 Å². The first kappa shape index (κ1) is 14.9. The third-order valence-corrected chi connectivity index (χ3v) is 4.75. The number of anilines is 1. The van der Waals surface area contributed by atoms with E-state index in [2.05, 4.69) is 26.2 Å². The molecule has 1 aromatic carbocycles. The van der Waals surface area contributed by atoms with Gasteiger partial charge >= 0.3 is 0 Å². The number of aryl methyl sites for hydroxylation is 2. The number of rotatable bonds is 2. The summed E-state index contributed by atoms with van der Waals surface area (Å²) in [6.45, 7) is 3.70. The second-order valence-corrected chi connectivity index (χ2v) is 6.64. The smallest absolute Gasteiger partial charge is 0.271 e. The standard InChI is InChI=1S/C15H12BrN3O2S/c1-8-5-10(16)3-4-12(8)18-13(20)11-6-17-15-19(14(11)21)9(2)7-22-15/h3-7H,1-2H3,(H,18,20). The molecule has 2 aromatic heterocycles. The number of carbonyl (C=O) groups is 1. The van der Waals surface area contributed by atoms with E-state index >= 15 is 0 Å². The van der Waals surface area contributed by atoms with Gasteiger partial charge in [-0.25, -0.2) is 4.98 Å². The number of aromatic nitrogens is 2. The molecular weight excluding hydrogens is 366 g/mol. The van der Waals surface area contributed by atoms with Crippen LogP contribution in [0.4, 0.5) is 5.69 Å². The molecule has 0 atom stereocenters. The molecule has 7 heteroatoms. The Kier molecular flexibility index (Phi) is 3.84. The predicted octanol–water partition coefficient (Wildman–Crippen LogP) is 3.39. The number of hydrogen-bond donors (Lipinski definition) is 1. The van der Waals surface area contributed by atoms with Gasteiger partial charge in [0.2, 0.25) is 0 Å². The van der Waals surface area contributed by atoms with Gasteiger partial charge in [-0.05, 0) is 37.6 Å². The topological polar surface area (TPSA) is 63.5 Å². The van der Waals surface area contributed by atoms with E-state index < -0.39 is 5.91 Å². The van der Waals surface area contributed by atoms with Gasteiger partial charge in [0, 0.05) is 27.4 Å². The normalized spacial score (nSPS) is 10.9. The zero-order chi connectivity index (χ0) is 15.9. The monoisotopic (exact) mass is 377 g/mol. The zero-order valence-corrected chi connectivity index (χ0v) is 14.3. The Morgan fingerprint density at radius 2 is 2.14 bits per heavy atom. The fraction of sp³-hybridized carbons (Fsp3) is 0.133. The van der Waals surface area contributed by atoms with Gasteiger partial charge in [0.15, 0.2) is 4.96 Å². The molecule has 112 valence electrons. The first-order valence-corrected chi connectivity index (χ1v) is 8.18. The number of carbonyl (C=O) groups excluding carboxylic acids is 1. The molecule has 0 aliphatic rings. The van der Waals surface area contributed by atoms with Crippen molar-refractivity contribution in [1.29, 1.82) is 0 Å². The summed E-state index contributed by atoms with van der Waals surface area (Å²) in [6.07, 6.45) is 1.33. The van der Waals surface area contributed by atoms with Crippen molar-refractivity contribution in [1.82, 2.24) is 9.38 Å². The van der Waals surface area contributed by atoms with Crippen LogP contribution in [0.3, 0.4) is 0 Å². The maximum atomic E-state index is 12.4. The van der Waals surface area contributed by atoms with Crippen LogP contribution in [0.2, 0.25) is 0 Å². The zero-order valence-electron chi connectivity index (χ0n) is 11.9.